The first kappa shape index (κ1) is 15.9. The van der Waals surface area contributed by atoms with E-state index in [0.717, 1.165) is 32.0 Å². The van der Waals surface area contributed by atoms with E-state index < -0.39 is 0 Å². The molecule has 0 saturated carbocycles. The largest absolute Gasteiger partial charge is 0.367 e. The van der Waals surface area contributed by atoms with Gasteiger partial charge >= 0.3 is 0 Å². The molecule has 1 aromatic carbocycles. The Morgan fingerprint density at radius 3 is 2.39 bits per heavy atom. The SMILES string of the molecule is CC(C)c1noc(C(C)N2CCN(c3ccccc3F)CC2)n1. The summed E-state index contributed by atoms with van der Waals surface area (Å²) in [4.78, 5) is 8.87. The van der Waals surface area contributed by atoms with Crippen LogP contribution in [0.25, 0.3) is 0 Å². The first-order valence-corrected chi connectivity index (χ1v) is 8.13. The standard InChI is InChI=1S/C17H23FN4O/c1-12(2)16-19-17(23-20-16)13(3)21-8-10-22(11-9-21)15-7-5-4-6-14(15)18/h4-7,12-13H,8-11H2,1-3H3. The van der Waals surface area contributed by atoms with Gasteiger partial charge in [0, 0.05) is 32.1 Å². The maximum Gasteiger partial charge on any atom is 0.243 e. The van der Waals surface area contributed by atoms with Crippen molar-refractivity contribution in [1.29, 1.82) is 0 Å². The quantitative estimate of drug-likeness (QED) is 0.866. The molecule has 0 radical (unpaired) electrons. The lowest BCUT2D eigenvalue weighted by Gasteiger charge is -2.38. The summed E-state index contributed by atoms with van der Waals surface area (Å²) >= 11 is 0. The van der Waals surface area contributed by atoms with Crippen molar-refractivity contribution in [2.45, 2.75) is 32.7 Å². The Hall–Kier alpha value is -1.95. The third-order valence-electron chi connectivity index (χ3n) is 4.39. The summed E-state index contributed by atoms with van der Waals surface area (Å²) in [5.74, 6) is 1.51. The topological polar surface area (TPSA) is 45.4 Å². The summed E-state index contributed by atoms with van der Waals surface area (Å²) in [6.07, 6.45) is 0. The van der Waals surface area contributed by atoms with E-state index >= 15 is 0 Å². The van der Waals surface area contributed by atoms with E-state index in [1.807, 2.05) is 26.0 Å². The van der Waals surface area contributed by atoms with Gasteiger partial charge in [-0.25, -0.2) is 4.39 Å². The maximum absolute atomic E-state index is 13.9. The number of para-hydroxylation sites is 1. The van der Waals surface area contributed by atoms with Crippen molar-refractivity contribution >= 4 is 5.69 Å². The summed E-state index contributed by atoms with van der Waals surface area (Å²) < 4.78 is 19.3. The molecule has 1 unspecified atom stereocenters. The molecule has 0 amide bonds. The summed E-state index contributed by atoms with van der Waals surface area (Å²) in [6.45, 7) is 9.44. The Bertz CT molecular complexity index is 650. The van der Waals surface area contributed by atoms with Gasteiger partial charge in [-0.2, -0.15) is 4.98 Å². The van der Waals surface area contributed by atoms with Gasteiger partial charge in [0.05, 0.1) is 11.7 Å². The molecule has 0 aliphatic carbocycles. The highest BCUT2D eigenvalue weighted by molar-refractivity contribution is 5.48. The molecule has 2 heterocycles. The van der Waals surface area contributed by atoms with Crippen LogP contribution in [0.3, 0.4) is 0 Å². The monoisotopic (exact) mass is 318 g/mol. The number of benzene rings is 1. The van der Waals surface area contributed by atoms with Crippen molar-refractivity contribution < 1.29 is 8.91 Å². The number of nitrogens with zero attached hydrogens (tertiary/aromatic N) is 4. The lowest BCUT2D eigenvalue weighted by atomic mass is 10.2. The van der Waals surface area contributed by atoms with Crippen molar-refractivity contribution in [2.24, 2.45) is 0 Å². The average Bonchev–Trinajstić information content (AvgIpc) is 3.05. The number of aromatic nitrogens is 2. The summed E-state index contributed by atoms with van der Waals surface area (Å²) in [5.41, 5.74) is 0.680. The number of anilines is 1. The Morgan fingerprint density at radius 2 is 1.78 bits per heavy atom. The van der Waals surface area contributed by atoms with Crippen LogP contribution >= 0.6 is 0 Å². The van der Waals surface area contributed by atoms with Gasteiger partial charge in [-0.1, -0.05) is 31.1 Å². The van der Waals surface area contributed by atoms with Gasteiger partial charge in [0.2, 0.25) is 5.89 Å². The third-order valence-corrected chi connectivity index (χ3v) is 4.39. The number of piperazine rings is 1. The zero-order valence-electron chi connectivity index (χ0n) is 13.9. The fraction of sp³-hybridized carbons (Fsp3) is 0.529. The van der Waals surface area contributed by atoms with Gasteiger partial charge in [0.25, 0.3) is 0 Å². The van der Waals surface area contributed by atoms with E-state index in [-0.39, 0.29) is 17.8 Å². The second kappa shape index (κ2) is 6.66. The minimum Gasteiger partial charge on any atom is -0.367 e. The number of halogens is 1. The van der Waals surface area contributed by atoms with Crippen LogP contribution in [-0.4, -0.2) is 41.2 Å². The Kier molecular flexibility index (Phi) is 4.61. The van der Waals surface area contributed by atoms with Crippen LogP contribution in [0.15, 0.2) is 28.8 Å². The van der Waals surface area contributed by atoms with E-state index in [1.54, 1.807) is 6.07 Å². The third kappa shape index (κ3) is 3.37. The van der Waals surface area contributed by atoms with Crippen molar-refractivity contribution in [3.8, 4) is 0 Å². The number of hydrogen-bond acceptors (Lipinski definition) is 5. The van der Waals surface area contributed by atoms with E-state index in [2.05, 4.69) is 26.9 Å². The number of rotatable bonds is 4. The molecule has 0 spiro atoms. The molecule has 1 aliphatic rings. The molecule has 1 saturated heterocycles. The average molecular weight is 318 g/mol. The van der Waals surface area contributed by atoms with Gasteiger partial charge in [-0.05, 0) is 19.1 Å². The second-order valence-electron chi connectivity index (χ2n) is 6.30. The van der Waals surface area contributed by atoms with Crippen molar-refractivity contribution in [2.75, 3.05) is 31.1 Å². The molecule has 6 heteroatoms. The van der Waals surface area contributed by atoms with Crippen LogP contribution < -0.4 is 4.90 Å². The van der Waals surface area contributed by atoms with Crippen LogP contribution in [0, 0.1) is 5.82 Å². The van der Waals surface area contributed by atoms with Gasteiger partial charge in [0.15, 0.2) is 5.82 Å². The van der Waals surface area contributed by atoms with Crippen LogP contribution in [-0.2, 0) is 0 Å². The highest BCUT2D eigenvalue weighted by atomic mass is 19.1. The van der Waals surface area contributed by atoms with Gasteiger partial charge < -0.3 is 9.42 Å². The predicted octanol–water partition coefficient (Wildman–Crippen LogP) is 3.22. The molecular formula is C17H23FN4O. The molecule has 0 bridgehead atoms. The number of hydrogen-bond donors (Lipinski definition) is 0. The zero-order valence-corrected chi connectivity index (χ0v) is 13.9. The van der Waals surface area contributed by atoms with Crippen molar-refractivity contribution in [1.82, 2.24) is 15.0 Å². The normalized spacial score (nSPS) is 17.7. The van der Waals surface area contributed by atoms with Crippen molar-refractivity contribution in [3.63, 3.8) is 0 Å². The minimum absolute atomic E-state index is 0.0813. The molecule has 0 N–H and O–H groups in total. The smallest absolute Gasteiger partial charge is 0.243 e. The summed E-state index contributed by atoms with van der Waals surface area (Å²) in [7, 11) is 0. The first-order valence-electron chi connectivity index (χ1n) is 8.13. The summed E-state index contributed by atoms with van der Waals surface area (Å²) in [5, 5.41) is 4.03. The van der Waals surface area contributed by atoms with Crippen LogP contribution in [0.4, 0.5) is 10.1 Å². The van der Waals surface area contributed by atoms with Crippen LogP contribution in [0.2, 0.25) is 0 Å². The first-order chi connectivity index (χ1) is 11.1. The molecule has 2 aromatic rings. The van der Waals surface area contributed by atoms with Gasteiger partial charge in [0.1, 0.15) is 5.82 Å². The Balaban J connectivity index is 1.63. The molecule has 1 atom stereocenters. The van der Waals surface area contributed by atoms with Gasteiger partial charge in [-0.3, -0.25) is 4.90 Å². The minimum atomic E-state index is -0.160. The fourth-order valence-corrected chi connectivity index (χ4v) is 2.87. The molecule has 1 aromatic heterocycles. The van der Waals surface area contributed by atoms with E-state index in [9.17, 15) is 4.39 Å². The molecule has 3 rings (SSSR count). The predicted molar refractivity (Wildman–Crippen MR) is 87.0 cm³/mol. The Morgan fingerprint density at radius 1 is 1.09 bits per heavy atom. The fourth-order valence-electron chi connectivity index (χ4n) is 2.87. The molecule has 23 heavy (non-hydrogen) atoms. The van der Waals surface area contributed by atoms with Crippen LogP contribution in [0.1, 0.15) is 44.4 Å². The molecule has 1 fully saturated rings. The van der Waals surface area contributed by atoms with Crippen molar-refractivity contribution in [3.05, 3.63) is 41.8 Å². The highest BCUT2D eigenvalue weighted by Gasteiger charge is 2.26. The highest BCUT2D eigenvalue weighted by Crippen LogP contribution is 2.25. The maximum atomic E-state index is 13.9. The van der Waals surface area contributed by atoms with Crippen LogP contribution in [0.5, 0.6) is 0 Å². The lowest BCUT2D eigenvalue weighted by Crippen LogP contribution is -2.47. The lowest BCUT2D eigenvalue weighted by molar-refractivity contribution is 0.164. The molecular weight excluding hydrogens is 295 g/mol. The Labute approximate surface area is 136 Å². The molecule has 5 nitrogen and oxygen atoms in total. The second-order valence-corrected chi connectivity index (χ2v) is 6.30. The zero-order chi connectivity index (χ0) is 16.4. The van der Waals surface area contributed by atoms with E-state index in [4.69, 9.17) is 4.52 Å². The molecule has 124 valence electrons. The van der Waals surface area contributed by atoms with E-state index in [0.29, 0.717) is 11.6 Å². The van der Waals surface area contributed by atoms with Gasteiger partial charge in [-0.15, -0.1) is 0 Å². The molecule has 1 aliphatic heterocycles. The summed E-state index contributed by atoms with van der Waals surface area (Å²) in [6, 6.07) is 7.02. The van der Waals surface area contributed by atoms with E-state index in [1.165, 1.54) is 6.07 Å².